The smallest absolute Gasteiger partial charge is 0.358 e. The van der Waals surface area contributed by atoms with E-state index < -0.39 is 4.92 Å². The van der Waals surface area contributed by atoms with Crippen molar-refractivity contribution >= 4 is 23.3 Å². The summed E-state index contributed by atoms with van der Waals surface area (Å²) in [6.45, 7) is 3.14. The van der Waals surface area contributed by atoms with E-state index in [1.54, 1.807) is 4.68 Å². The van der Waals surface area contributed by atoms with Gasteiger partial charge in [-0.2, -0.15) is 9.78 Å². The van der Waals surface area contributed by atoms with Crippen LogP contribution in [0.1, 0.15) is 19.0 Å². The quantitative estimate of drug-likeness (QED) is 0.610. The molecule has 118 valence electrons. The molecule has 0 atom stereocenters. The summed E-state index contributed by atoms with van der Waals surface area (Å²) in [6, 6.07) is 1.29. The van der Waals surface area contributed by atoms with Gasteiger partial charge in [-0.15, -0.1) is 0 Å². The minimum absolute atomic E-state index is 0.163. The van der Waals surface area contributed by atoms with Gasteiger partial charge in [0.25, 0.3) is 0 Å². The van der Waals surface area contributed by atoms with Gasteiger partial charge in [0.2, 0.25) is 5.91 Å². The Morgan fingerprint density at radius 3 is 2.95 bits per heavy atom. The van der Waals surface area contributed by atoms with Crippen molar-refractivity contribution in [1.29, 1.82) is 0 Å². The largest absolute Gasteiger partial charge is 0.389 e. The van der Waals surface area contributed by atoms with Crippen molar-refractivity contribution in [2.75, 3.05) is 0 Å². The van der Waals surface area contributed by atoms with Gasteiger partial charge < -0.3 is 15.4 Å². The second-order valence-electron chi connectivity index (χ2n) is 4.48. The predicted octanol–water partition coefficient (Wildman–Crippen LogP) is 1.37. The number of rotatable bonds is 7. The van der Waals surface area contributed by atoms with Gasteiger partial charge in [-0.1, -0.05) is 11.6 Å². The van der Waals surface area contributed by atoms with E-state index >= 15 is 0 Å². The third-order valence-electron chi connectivity index (χ3n) is 3.03. The van der Waals surface area contributed by atoms with Crippen LogP contribution in [0, 0.1) is 10.1 Å². The molecule has 10 heteroatoms. The Labute approximate surface area is 131 Å². The zero-order valence-corrected chi connectivity index (χ0v) is 12.7. The Hall–Kier alpha value is -2.42. The highest BCUT2D eigenvalue weighted by molar-refractivity contribution is 6.31. The van der Waals surface area contributed by atoms with Crippen molar-refractivity contribution in [3.63, 3.8) is 0 Å². The van der Waals surface area contributed by atoms with Gasteiger partial charge in [0.05, 0.1) is 47.4 Å². The SMILES string of the molecule is CCn1ncc(Cl)c1CNC(=O)CCn1ccc([N+](=O)[O-])n1. The summed E-state index contributed by atoms with van der Waals surface area (Å²) >= 11 is 6.00. The van der Waals surface area contributed by atoms with Gasteiger partial charge in [-0.3, -0.25) is 9.48 Å². The normalized spacial score (nSPS) is 10.6. The Morgan fingerprint density at radius 2 is 2.32 bits per heavy atom. The highest BCUT2D eigenvalue weighted by Crippen LogP contribution is 2.14. The molecule has 2 aromatic heterocycles. The van der Waals surface area contributed by atoms with E-state index in [1.165, 1.54) is 23.1 Å². The van der Waals surface area contributed by atoms with Crippen molar-refractivity contribution in [2.45, 2.75) is 33.0 Å². The van der Waals surface area contributed by atoms with Crippen LogP contribution in [0.2, 0.25) is 5.02 Å². The summed E-state index contributed by atoms with van der Waals surface area (Å²) < 4.78 is 3.07. The third kappa shape index (κ3) is 3.82. The molecule has 0 saturated carbocycles. The van der Waals surface area contributed by atoms with Crippen LogP contribution >= 0.6 is 11.6 Å². The van der Waals surface area contributed by atoms with Crippen LogP contribution in [0.4, 0.5) is 5.82 Å². The topological polar surface area (TPSA) is 108 Å². The molecule has 1 amide bonds. The standard InChI is InChI=1S/C12H15ClN6O3/c1-2-18-10(9(13)7-15-18)8-14-12(20)4-6-17-5-3-11(16-17)19(21)22/h3,5,7H,2,4,6,8H2,1H3,(H,14,20). The lowest BCUT2D eigenvalue weighted by Gasteiger charge is -2.07. The molecule has 0 aliphatic carbocycles. The lowest BCUT2D eigenvalue weighted by Crippen LogP contribution is -2.25. The monoisotopic (exact) mass is 326 g/mol. The second kappa shape index (κ2) is 7.03. The molecule has 2 rings (SSSR count). The molecule has 0 fully saturated rings. The molecule has 0 spiro atoms. The summed E-state index contributed by atoms with van der Waals surface area (Å²) in [7, 11) is 0. The molecule has 2 aromatic rings. The maximum Gasteiger partial charge on any atom is 0.389 e. The molecular weight excluding hydrogens is 312 g/mol. The van der Waals surface area contributed by atoms with Crippen molar-refractivity contribution < 1.29 is 9.72 Å². The number of aromatic nitrogens is 4. The minimum atomic E-state index is -0.579. The summed E-state index contributed by atoms with van der Waals surface area (Å²) in [5, 5.41) is 21.6. The van der Waals surface area contributed by atoms with Crippen LogP contribution in [0.5, 0.6) is 0 Å². The number of nitro groups is 1. The van der Waals surface area contributed by atoms with Gasteiger partial charge in [0, 0.05) is 13.0 Å². The Morgan fingerprint density at radius 1 is 1.55 bits per heavy atom. The van der Waals surface area contributed by atoms with Crippen LogP contribution in [-0.2, 0) is 24.4 Å². The first-order valence-electron chi connectivity index (χ1n) is 6.66. The number of halogens is 1. The van der Waals surface area contributed by atoms with Gasteiger partial charge in [0.15, 0.2) is 0 Å². The van der Waals surface area contributed by atoms with Gasteiger partial charge in [-0.05, 0) is 11.8 Å². The van der Waals surface area contributed by atoms with Crippen LogP contribution in [0.3, 0.4) is 0 Å². The zero-order chi connectivity index (χ0) is 16.1. The first kappa shape index (κ1) is 16.0. The highest BCUT2D eigenvalue weighted by Gasteiger charge is 2.13. The summed E-state index contributed by atoms with van der Waals surface area (Å²) in [5.74, 6) is -0.433. The van der Waals surface area contributed by atoms with E-state index in [1.807, 2.05) is 6.92 Å². The lowest BCUT2D eigenvalue weighted by molar-refractivity contribution is -0.389. The maximum absolute atomic E-state index is 11.8. The molecular formula is C12H15ClN6O3. The molecule has 0 saturated heterocycles. The molecule has 0 unspecified atom stereocenters. The van der Waals surface area contributed by atoms with E-state index in [0.717, 1.165) is 5.69 Å². The maximum atomic E-state index is 11.8. The van der Waals surface area contributed by atoms with Gasteiger partial charge in [0.1, 0.15) is 0 Å². The average Bonchev–Trinajstić information content (AvgIpc) is 3.09. The fourth-order valence-corrected chi connectivity index (χ4v) is 2.10. The molecule has 2 heterocycles. The van der Waals surface area contributed by atoms with E-state index in [-0.39, 0.29) is 31.2 Å². The molecule has 1 N–H and O–H groups in total. The lowest BCUT2D eigenvalue weighted by atomic mass is 10.3. The van der Waals surface area contributed by atoms with Crippen LogP contribution in [0.25, 0.3) is 0 Å². The molecule has 0 aliphatic heterocycles. The third-order valence-corrected chi connectivity index (χ3v) is 3.35. The van der Waals surface area contributed by atoms with Crippen molar-refractivity contribution in [1.82, 2.24) is 24.9 Å². The number of hydrogen-bond acceptors (Lipinski definition) is 5. The number of carbonyl (C=O) groups is 1. The molecule has 0 radical (unpaired) electrons. The zero-order valence-electron chi connectivity index (χ0n) is 11.9. The van der Waals surface area contributed by atoms with Crippen molar-refractivity contribution in [3.05, 3.63) is 39.3 Å². The van der Waals surface area contributed by atoms with Crippen LogP contribution in [0.15, 0.2) is 18.5 Å². The number of amides is 1. The molecule has 9 nitrogen and oxygen atoms in total. The molecule has 0 aromatic carbocycles. The Kier molecular flexibility index (Phi) is 5.10. The highest BCUT2D eigenvalue weighted by atomic mass is 35.5. The second-order valence-corrected chi connectivity index (χ2v) is 4.88. The van der Waals surface area contributed by atoms with Crippen molar-refractivity contribution in [2.24, 2.45) is 0 Å². The summed E-state index contributed by atoms with van der Waals surface area (Å²) in [4.78, 5) is 21.7. The minimum Gasteiger partial charge on any atom is -0.358 e. The van der Waals surface area contributed by atoms with E-state index in [4.69, 9.17) is 11.6 Å². The number of nitrogens with zero attached hydrogens (tertiary/aromatic N) is 5. The molecule has 0 bridgehead atoms. The van der Waals surface area contributed by atoms with Gasteiger partial charge in [-0.25, -0.2) is 0 Å². The Bertz CT molecular complexity index is 680. The number of nitrogens with one attached hydrogen (secondary N) is 1. The number of carbonyl (C=O) groups excluding carboxylic acids is 1. The summed E-state index contributed by atoms with van der Waals surface area (Å²) in [6.07, 6.45) is 3.17. The number of aryl methyl sites for hydroxylation is 2. The summed E-state index contributed by atoms with van der Waals surface area (Å²) in [5.41, 5.74) is 0.743. The van der Waals surface area contributed by atoms with Crippen LogP contribution in [-0.4, -0.2) is 30.4 Å². The van der Waals surface area contributed by atoms with E-state index in [0.29, 0.717) is 11.6 Å². The average molecular weight is 327 g/mol. The predicted molar refractivity (Wildman–Crippen MR) is 78.3 cm³/mol. The van der Waals surface area contributed by atoms with Crippen molar-refractivity contribution in [3.8, 4) is 0 Å². The Balaban J connectivity index is 1.82. The molecule has 22 heavy (non-hydrogen) atoms. The first-order valence-corrected chi connectivity index (χ1v) is 7.03. The fraction of sp³-hybridized carbons (Fsp3) is 0.417. The van der Waals surface area contributed by atoms with E-state index in [9.17, 15) is 14.9 Å². The first-order chi connectivity index (χ1) is 10.5. The fourth-order valence-electron chi connectivity index (χ4n) is 1.90. The van der Waals surface area contributed by atoms with Gasteiger partial charge >= 0.3 is 5.82 Å². The van der Waals surface area contributed by atoms with E-state index in [2.05, 4.69) is 15.5 Å². The molecule has 0 aliphatic rings. The number of hydrogen-bond donors (Lipinski definition) is 1. The van der Waals surface area contributed by atoms with Crippen LogP contribution < -0.4 is 5.32 Å².